The Hall–Kier alpha value is -0.650. The van der Waals surface area contributed by atoms with Gasteiger partial charge in [-0.2, -0.15) is 0 Å². The summed E-state index contributed by atoms with van der Waals surface area (Å²) in [6.45, 7) is 6.34. The Kier molecular flexibility index (Phi) is 4.48. The zero-order chi connectivity index (χ0) is 14.0. The highest BCUT2D eigenvalue weighted by atomic mass is 32.2. The van der Waals surface area contributed by atoms with Gasteiger partial charge in [0.2, 0.25) is 0 Å². The average molecular weight is 281 g/mol. The number of aliphatic hydroxyl groups is 1. The highest BCUT2D eigenvalue weighted by molar-refractivity contribution is 7.99. The van der Waals surface area contributed by atoms with Crippen LogP contribution in [0.1, 0.15) is 36.2 Å². The van der Waals surface area contributed by atoms with Gasteiger partial charge in [-0.05, 0) is 52.6 Å². The largest absolute Gasteiger partial charge is 0.394 e. The number of rotatable bonds is 4. The van der Waals surface area contributed by atoms with Gasteiger partial charge in [-0.1, -0.05) is 11.8 Å². The predicted octanol–water partition coefficient (Wildman–Crippen LogP) is 2.00. The maximum absolute atomic E-state index is 9.52. The molecule has 0 amide bonds. The van der Waals surface area contributed by atoms with Crippen LogP contribution < -0.4 is 5.32 Å². The molecular weight excluding hydrogens is 258 g/mol. The minimum Gasteiger partial charge on any atom is -0.394 e. The molecule has 106 valence electrons. The summed E-state index contributed by atoms with van der Waals surface area (Å²) in [6, 6.07) is 0. The molecule has 0 aliphatic heterocycles. The van der Waals surface area contributed by atoms with Gasteiger partial charge in [-0.3, -0.25) is 0 Å². The van der Waals surface area contributed by atoms with Crippen LogP contribution in [0.25, 0.3) is 0 Å². The predicted molar refractivity (Wildman–Crippen MR) is 78.6 cm³/mol. The number of hydrogen-bond acceptors (Lipinski definition) is 5. The fourth-order valence-corrected chi connectivity index (χ4v) is 3.89. The Labute approximate surface area is 119 Å². The lowest BCUT2D eigenvalue weighted by Crippen LogP contribution is -2.44. The van der Waals surface area contributed by atoms with Crippen LogP contribution in [0.3, 0.4) is 0 Å². The summed E-state index contributed by atoms with van der Waals surface area (Å²) < 4.78 is 0. The SMILES string of the molecule is CNC1(CO)CCC(Sc2nc(C)c(C)c(C)n2)C1. The highest BCUT2D eigenvalue weighted by Gasteiger charge is 2.38. The van der Waals surface area contributed by atoms with E-state index in [1.807, 2.05) is 20.9 Å². The molecule has 1 aromatic rings. The fourth-order valence-electron chi connectivity index (χ4n) is 2.57. The summed E-state index contributed by atoms with van der Waals surface area (Å²) in [4.78, 5) is 9.13. The summed E-state index contributed by atoms with van der Waals surface area (Å²) in [6.07, 6.45) is 3.09. The second-order valence-electron chi connectivity index (χ2n) is 5.47. The average Bonchev–Trinajstić information content (AvgIpc) is 2.80. The van der Waals surface area contributed by atoms with Gasteiger partial charge >= 0.3 is 0 Å². The quantitative estimate of drug-likeness (QED) is 0.827. The number of aryl methyl sites for hydroxylation is 2. The van der Waals surface area contributed by atoms with Gasteiger partial charge in [0.15, 0.2) is 5.16 Å². The Morgan fingerprint density at radius 3 is 2.42 bits per heavy atom. The van der Waals surface area contributed by atoms with Gasteiger partial charge in [-0.25, -0.2) is 9.97 Å². The Morgan fingerprint density at radius 2 is 1.95 bits per heavy atom. The van der Waals surface area contributed by atoms with E-state index in [0.717, 1.165) is 35.8 Å². The van der Waals surface area contributed by atoms with Crippen LogP contribution in [-0.4, -0.2) is 39.5 Å². The van der Waals surface area contributed by atoms with E-state index in [-0.39, 0.29) is 12.1 Å². The van der Waals surface area contributed by atoms with Crippen LogP contribution in [0.4, 0.5) is 0 Å². The van der Waals surface area contributed by atoms with Crippen molar-refractivity contribution >= 4 is 11.8 Å². The summed E-state index contributed by atoms with van der Waals surface area (Å²) in [7, 11) is 1.93. The van der Waals surface area contributed by atoms with Gasteiger partial charge in [0.05, 0.1) is 6.61 Å². The van der Waals surface area contributed by atoms with Crippen LogP contribution in [-0.2, 0) is 0 Å². The van der Waals surface area contributed by atoms with Crippen molar-refractivity contribution in [3.05, 3.63) is 17.0 Å². The summed E-state index contributed by atoms with van der Waals surface area (Å²) in [5.41, 5.74) is 3.20. The van der Waals surface area contributed by atoms with Crippen LogP contribution in [0.15, 0.2) is 5.16 Å². The van der Waals surface area contributed by atoms with E-state index in [9.17, 15) is 5.11 Å². The first kappa shape index (κ1) is 14.8. The first-order chi connectivity index (χ1) is 8.99. The zero-order valence-corrected chi connectivity index (χ0v) is 13.0. The Balaban J connectivity index is 2.07. The molecule has 2 atom stereocenters. The van der Waals surface area contributed by atoms with E-state index in [0.29, 0.717) is 5.25 Å². The van der Waals surface area contributed by atoms with Gasteiger partial charge in [-0.15, -0.1) is 0 Å². The monoisotopic (exact) mass is 281 g/mol. The van der Waals surface area contributed by atoms with E-state index < -0.39 is 0 Å². The molecule has 1 aliphatic rings. The summed E-state index contributed by atoms with van der Waals surface area (Å²) in [5, 5.41) is 14.2. The molecule has 1 heterocycles. The van der Waals surface area contributed by atoms with Crippen molar-refractivity contribution in [2.45, 2.75) is 56.0 Å². The molecule has 2 rings (SSSR count). The number of aliphatic hydroxyl groups excluding tert-OH is 1. The van der Waals surface area contributed by atoms with E-state index in [1.54, 1.807) is 11.8 Å². The molecule has 0 saturated heterocycles. The van der Waals surface area contributed by atoms with Crippen molar-refractivity contribution in [1.82, 2.24) is 15.3 Å². The molecule has 0 aromatic carbocycles. The smallest absolute Gasteiger partial charge is 0.188 e. The van der Waals surface area contributed by atoms with Crippen molar-refractivity contribution in [1.29, 1.82) is 0 Å². The molecule has 19 heavy (non-hydrogen) atoms. The number of nitrogens with zero attached hydrogens (tertiary/aromatic N) is 2. The standard InChI is InChI=1S/C14H23N3OS/c1-9-10(2)16-13(17-11(9)3)19-12-5-6-14(7-12,8-18)15-4/h12,15,18H,5-8H2,1-4H3. The van der Waals surface area contributed by atoms with E-state index >= 15 is 0 Å². The Bertz CT molecular complexity index is 437. The molecule has 1 fully saturated rings. The van der Waals surface area contributed by atoms with E-state index in [4.69, 9.17) is 0 Å². The fraction of sp³-hybridized carbons (Fsp3) is 0.714. The maximum atomic E-state index is 9.52. The zero-order valence-electron chi connectivity index (χ0n) is 12.2. The maximum Gasteiger partial charge on any atom is 0.188 e. The normalized spacial score (nSPS) is 26.9. The molecule has 1 aromatic heterocycles. The van der Waals surface area contributed by atoms with Crippen molar-refractivity contribution < 1.29 is 5.11 Å². The van der Waals surface area contributed by atoms with Gasteiger partial charge in [0.1, 0.15) is 0 Å². The van der Waals surface area contributed by atoms with Crippen molar-refractivity contribution in [2.24, 2.45) is 0 Å². The third-order valence-electron chi connectivity index (χ3n) is 4.28. The number of thioether (sulfide) groups is 1. The first-order valence-electron chi connectivity index (χ1n) is 6.78. The molecular formula is C14H23N3OS. The molecule has 0 radical (unpaired) electrons. The topological polar surface area (TPSA) is 58.0 Å². The van der Waals surface area contributed by atoms with Crippen LogP contribution in [0, 0.1) is 20.8 Å². The highest BCUT2D eigenvalue weighted by Crippen LogP contribution is 2.39. The van der Waals surface area contributed by atoms with E-state index in [1.165, 1.54) is 5.56 Å². The van der Waals surface area contributed by atoms with Crippen molar-refractivity contribution in [3.8, 4) is 0 Å². The second kappa shape index (κ2) is 5.77. The van der Waals surface area contributed by atoms with Gasteiger partial charge in [0, 0.05) is 22.2 Å². The lowest BCUT2D eigenvalue weighted by atomic mass is 10.00. The van der Waals surface area contributed by atoms with E-state index in [2.05, 4.69) is 22.2 Å². The molecule has 0 spiro atoms. The minimum atomic E-state index is -0.105. The molecule has 5 heteroatoms. The Morgan fingerprint density at radius 1 is 1.32 bits per heavy atom. The second-order valence-corrected chi connectivity index (χ2v) is 6.74. The summed E-state index contributed by atoms with van der Waals surface area (Å²) in [5.74, 6) is 0. The lowest BCUT2D eigenvalue weighted by Gasteiger charge is -2.26. The lowest BCUT2D eigenvalue weighted by molar-refractivity contribution is 0.173. The van der Waals surface area contributed by atoms with Gasteiger partial charge in [0.25, 0.3) is 0 Å². The minimum absolute atomic E-state index is 0.105. The molecule has 0 bridgehead atoms. The van der Waals surface area contributed by atoms with Crippen LogP contribution in [0.2, 0.25) is 0 Å². The molecule has 2 unspecified atom stereocenters. The summed E-state index contributed by atoms with van der Waals surface area (Å²) >= 11 is 1.75. The first-order valence-corrected chi connectivity index (χ1v) is 7.66. The number of likely N-dealkylation sites (N-methyl/N-ethyl adjacent to an activating group) is 1. The number of aromatic nitrogens is 2. The molecule has 1 aliphatic carbocycles. The van der Waals surface area contributed by atoms with Crippen LogP contribution >= 0.6 is 11.8 Å². The molecule has 1 saturated carbocycles. The van der Waals surface area contributed by atoms with Crippen molar-refractivity contribution in [3.63, 3.8) is 0 Å². The van der Waals surface area contributed by atoms with Crippen molar-refractivity contribution in [2.75, 3.05) is 13.7 Å². The number of nitrogens with one attached hydrogen (secondary N) is 1. The third-order valence-corrected chi connectivity index (χ3v) is 5.41. The number of hydrogen-bond donors (Lipinski definition) is 2. The molecule has 2 N–H and O–H groups in total. The van der Waals surface area contributed by atoms with Gasteiger partial charge < -0.3 is 10.4 Å². The third kappa shape index (κ3) is 3.09. The van der Waals surface area contributed by atoms with Crippen LogP contribution in [0.5, 0.6) is 0 Å². The molecule has 4 nitrogen and oxygen atoms in total.